The number of aliphatic hydroxyl groups is 1. The van der Waals surface area contributed by atoms with Crippen LogP contribution in [0.4, 0.5) is 8.78 Å². The van der Waals surface area contributed by atoms with Gasteiger partial charge >= 0.3 is 0 Å². The third kappa shape index (κ3) is 3.36. The minimum Gasteiger partial charge on any atom is -0.486 e. The zero-order valence-corrected chi connectivity index (χ0v) is 10.7. The number of benzene rings is 1. The Morgan fingerprint density at radius 1 is 1.30 bits per heavy atom. The molecule has 2 rings (SSSR count). The summed E-state index contributed by atoms with van der Waals surface area (Å²) in [5, 5.41) is 8.85. The zero-order valence-electron chi connectivity index (χ0n) is 10.7. The molecule has 0 saturated carbocycles. The smallest absolute Gasteiger partial charge is 0.255 e. The minimum atomic E-state index is -2.65. The fourth-order valence-electron chi connectivity index (χ4n) is 1.92. The molecule has 1 amide bonds. The molecule has 0 aliphatic carbocycles. The Morgan fingerprint density at radius 2 is 2.00 bits per heavy atom. The van der Waals surface area contributed by atoms with Crippen LogP contribution in [-0.4, -0.2) is 55.2 Å². The van der Waals surface area contributed by atoms with Gasteiger partial charge in [-0.2, -0.15) is 0 Å². The van der Waals surface area contributed by atoms with Gasteiger partial charge < -0.3 is 19.5 Å². The van der Waals surface area contributed by atoms with Crippen LogP contribution in [0.2, 0.25) is 0 Å². The number of amides is 1. The standard InChI is InChI=1S/C13H15F2NO4/c14-12(15)8-16(3-4-17)13(18)9-1-2-10-11(7-9)20-6-5-19-10/h1-2,7,12,17H,3-6,8H2. The zero-order chi connectivity index (χ0) is 14.5. The molecular formula is C13H15F2NO4. The second kappa shape index (κ2) is 6.51. The topological polar surface area (TPSA) is 59.0 Å². The second-order valence-corrected chi connectivity index (χ2v) is 4.22. The van der Waals surface area contributed by atoms with Crippen molar-refractivity contribution < 1.29 is 28.2 Å². The van der Waals surface area contributed by atoms with Gasteiger partial charge in [0.2, 0.25) is 0 Å². The van der Waals surface area contributed by atoms with Crippen LogP contribution in [0.1, 0.15) is 10.4 Å². The molecule has 1 N–H and O–H groups in total. The highest BCUT2D eigenvalue weighted by Gasteiger charge is 2.21. The molecule has 20 heavy (non-hydrogen) atoms. The largest absolute Gasteiger partial charge is 0.486 e. The number of aliphatic hydroxyl groups excluding tert-OH is 1. The molecule has 1 aliphatic heterocycles. The third-order valence-corrected chi connectivity index (χ3v) is 2.80. The minimum absolute atomic E-state index is 0.141. The summed E-state index contributed by atoms with van der Waals surface area (Å²) in [6, 6.07) is 4.53. The Morgan fingerprint density at radius 3 is 2.65 bits per heavy atom. The third-order valence-electron chi connectivity index (χ3n) is 2.80. The Hall–Kier alpha value is -1.89. The van der Waals surface area contributed by atoms with Crippen molar-refractivity contribution in [3.05, 3.63) is 23.8 Å². The van der Waals surface area contributed by atoms with E-state index in [0.29, 0.717) is 24.7 Å². The number of carbonyl (C=O) groups excluding carboxylic acids is 1. The van der Waals surface area contributed by atoms with Crippen molar-refractivity contribution in [3.8, 4) is 11.5 Å². The Balaban J connectivity index is 2.17. The average Bonchev–Trinajstić information content (AvgIpc) is 2.45. The number of alkyl halides is 2. The first-order chi connectivity index (χ1) is 9.61. The molecule has 1 aromatic rings. The number of fused-ring (bicyclic) bond motifs is 1. The fourth-order valence-corrected chi connectivity index (χ4v) is 1.92. The molecule has 0 saturated heterocycles. The number of hydrogen-bond donors (Lipinski definition) is 1. The highest BCUT2D eigenvalue weighted by atomic mass is 19.3. The quantitative estimate of drug-likeness (QED) is 0.883. The van der Waals surface area contributed by atoms with Crippen molar-refractivity contribution in [2.45, 2.75) is 6.43 Å². The summed E-state index contributed by atoms with van der Waals surface area (Å²) < 4.78 is 35.5. The van der Waals surface area contributed by atoms with Crippen LogP contribution < -0.4 is 9.47 Å². The van der Waals surface area contributed by atoms with Crippen LogP contribution in [-0.2, 0) is 0 Å². The van der Waals surface area contributed by atoms with Crippen molar-refractivity contribution in [1.29, 1.82) is 0 Å². The normalized spacial score (nSPS) is 13.4. The Bertz CT molecular complexity index is 481. The van der Waals surface area contributed by atoms with Gasteiger partial charge in [-0.1, -0.05) is 0 Å². The summed E-state index contributed by atoms with van der Waals surface area (Å²) in [6.45, 7) is -0.418. The van der Waals surface area contributed by atoms with Crippen molar-refractivity contribution in [2.75, 3.05) is 32.9 Å². The van der Waals surface area contributed by atoms with Gasteiger partial charge in [0.05, 0.1) is 13.2 Å². The molecule has 0 bridgehead atoms. The predicted molar refractivity (Wildman–Crippen MR) is 66.4 cm³/mol. The molecule has 110 valence electrons. The van der Waals surface area contributed by atoms with Gasteiger partial charge in [-0.15, -0.1) is 0 Å². The molecule has 0 radical (unpaired) electrons. The molecule has 0 spiro atoms. The van der Waals surface area contributed by atoms with Crippen LogP contribution in [0.25, 0.3) is 0 Å². The molecule has 5 nitrogen and oxygen atoms in total. The summed E-state index contributed by atoms with van der Waals surface area (Å²) in [7, 11) is 0. The number of carbonyl (C=O) groups is 1. The van der Waals surface area contributed by atoms with E-state index < -0.39 is 18.9 Å². The van der Waals surface area contributed by atoms with Gasteiger partial charge in [0.1, 0.15) is 13.2 Å². The van der Waals surface area contributed by atoms with Gasteiger partial charge in [-0.25, -0.2) is 8.78 Å². The first-order valence-corrected chi connectivity index (χ1v) is 6.19. The number of halogens is 2. The molecule has 1 aromatic carbocycles. The van der Waals surface area contributed by atoms with Gasteiger partial charge in [0, 0.05) is 12.1 Å². The molecule has 1 aliphatic rings. The van der Waals surface area contributed by atoms with E-state index in [2.05, 4.69) is 0 Å². The summed E-state index contributed by atoms with van der Waals surface area (Å²) in [5.41, 5.74) is 0.225. The van der Waals surface area contributed by atoms with Gasteiger partial charge in [-0.3, -0.25) is 4.79 Å². The highest BCUT2D eigenvalue weighted by molar-refractivity contribution is 5.95. The van der Waals surface area contributed by atoms with E-state index >= 15 is 0 Å². The molecule has 0 aromatic heterocycles. The maximum absolute atomic E-state index is 12.4. The lowest BCUT2D eigenvalue weighted by Crippen LogP contribution is -2.37. The summed E-state index contributed by atoms with van der Waals surface area (Å²) in [6.07, 6.45) is -2.65. The monoisotopic (exact) mass is 287 g/mol. The van der Waals surface area contributed by atoms with E-state index in [1.165, 1.54) is 12.1 Å². The molecule has 7 heteroatoms. The van der Waals surface area contributed by atoms with Crippen LogP contribution in [0, 0.1) is 0 Å². The van der Waals surface area contributed by atoms with Crippen LogP contribution in [0.5, 0.6) is 11.5 Å². The Labute approximate surface area is 114 Å². The van der Waals surface area contributed by atoms with Crippen molar-refractivity contribution in [1.82, 2.24) is 4.90 Å². The van der Waals surface area contributed by atoms with E-state index in [4.69, 9.17) is 14.6 Å². The SMILES string of the molecule is O=C(c1ccc2c(c1)OCCO2)N(CCO)CC(F)F. The second-order valence-electron chi connectivity index (χ2n) is 4.22. The van der Waals surface area contributed by atoms with Crippen molar-refractivity contribution in [2.24, 2.45) is 0 Å². The lowest BCUT2D eigenvalue weighted by Gasteiger charge is -2.23. The van der Waals surface area contributed by atoms with E-state index in [0.717, 1.165) is 4.90 Å². The summed E-state index contributed by atoms with van der Waals surface area (Å²) in [5.74, 6) is 0.370. The molecular weight excluding hydrogens is 272 g/mol. The van der Waals surface area contributed by atoms with E-state index in [-0.39, 0.29) is 18.7 Å². The molecule has 1 heterocycles. The van der Waals surface area contributed by atoms with Crippen LogP contribution in [0.15, 0.2) is 18.2 Å². The average molecular weight is 287 g/mol. The summed E-state index contributed by atoms with van der Waals surface area (Å²) >= 11 is 0. The van der Waals surface area contributed by atoms with Gasteiger partial charge in [-0.05, 0) is 18.2 Å². The number of rotatable bonds is 5. The first-order valence-electron chi connectivity index (χ1n) is 6.19. The predicted octanol–water partition coefficient (Wildman–Crippen LogP) is 1.16. The van der Waals surface area contributed by atoms with E-state index in [9.17, 15) is 13.6 Å². The highest BCUT2D eigenvalue weighted by Crippen LogP contribution is 2.31. The maximum atomic E-state index is 12.4. The van der Waals surface area contributed by atoms with Crippen LogP contribution in [0.3, 0.4) is 0 Å². The van der Waals surface area contributed by atoms with Crippen molar-refractivity contribution in [3.63, 3.8) is 0 Å². The van der Waals surface area contributed by atoms with E-state index in [1.807, 2.05) is 0 Å². The van der Waals surface area contributed by atoms with Gasteiger partial charge in [0.15, 0.2) is 11.5 Å². The van der Waals surface area contributed by atoms with Crippen molar-refractivity contribution >= 4 is 5.91 Å². The Kier molecular flexibility index (Phi) is 4.73. The lowest BCUT2D eigenvalue weighted by atomic mass is 10.1. The fraction of sp³-hybridized carbons (Fsp3) is 0.462. The van der Waals surface area contributed by atoms with E-state index in [1.54, 1.807) is 6.07 Å². The summed E-state index contributed by atoms with van der Waals surface area (Å²) in [4.78, 5) is 13.1. The van der Waals surface area contributed by atoms with Crippen LogP contribution >= 0.6 is 0 Å². The molecule has 0 fully saturated rings. The lowest BCUT2D eigenvalue weighted by molar-refractivity contribution is 0.0508. The van der Waals surface area contributed by atoms with Gasteiger partial charge in [0.25, 0.3) is 12.3 Å². The maximum Gasteiger partial charge on any atom is 0.255 e. The number of nitrogens with zero attached hydrogens (tertiary/aromatic N) is 1. The number of hydrogen-bond acceptors (Lipinski definition) is 4. The number of ether oxygens (including phenoxy) is 2. The molecule has 0 unspecified atom stereocenters. The molecule has 0 atom stereocenters. The first kappa shape index (κ1) is 14.5.